The van der Waals surface area contributed by atoms with Gasteiger partial charge in [0.25, 0.3) is 0 Å². The molecule has 5 aromatic rings. The third-order valence-corrected chi connectivity index (χ3v) is 13.7. The van der Waals surface area contributed by atoms with Crippen molar-refractivity contribution in [1.82, 2.24) is 25.1 Å². The molecule has 47 heavy (non-hydrogen) atoms. The largest absolute Gasteiger partial charge is 0.421 e. The van der Waals surface area contributed by atoms with Crippen molar-refractivity contribution in [2.24, 2.45) is 23.7 Å². The molecule has 1 saturated heterocycles. The Bertz CT molecular complexity index is 2150. The van der Waals surface area contributed by atoms with Crippen LogP contribution >= 0.6 is 11.3 Å². The zero-order valence-electron chi connectivity index (χ0n) is 26.6. The standard InChI is InChI=1S/C35H36N6O4S2/c1-17(2)24-16-47(42,43)33-30(28-13-19-10-12-37-34(32(19)46-28)39-26-9-8-25-21(26)5-4-11-36-25)29(35-41-40-18(3)45-35)27(38-31(24)33)7-6-20-22-14-44-15-23(20)22/h4-5,10-13,17,20,22-24,26H,6-9,14-16H2,1-3H3,(H,37,39)/t20?,22?,23?,24-,26-/m0/s1. The number of aromatic nitrogens is 5. The van der Waals surface area contributed by atoms with Crippen LogP contribution in [0.1, 0.15) is 67.2 Å². The second-order valence-electron chi connectivity index (χ2n) is 13.8. The third kappa shape index (κ3) is 4.82. The maximum atomic E-state index is 14.2. The topological polar surface area (TPSA) is 133 Å². The van der Waals surface area contributed by atoms with Crippen LogP contribution in [0.2, 0.25) is 0 Å². The van der Waals surface area contributed by atoms with E-state index in [9.17, 15) is 8.42 Å². The molecule has 2 aliphatic heterocycles. The fraction of sp³-hybridized carbons (Fsp3) is 0.457. The fourth-order valence-corrected chi connectivity index (χ4v) is 11.6. The number of sulfone groups is 1. The van der Waals surface area contributed by atoms with E-state index in [0.717, 1.165) is 64.6 Å². The van der Waals surface area contributed by atoms with Gasteiger partial charge in [-0.3, -0.25) is 9.97 Å². The minimum Gasteiger partial charge on any atom is -0.421 e. The van der Waals surface area contributed by atoms with Gasteiger partial charge in [0.05, 0.1) is 51.6 Å². The molecule has 7 heterocycles. The minimum atomic E-state index is -3.65. The van der Waals surface area contributed by atoms with Crippen LogP contribution in [0.3, 0.4) is 0 Å². The predicted octanol–water partition coefficient (Wildman–Crippen LogP) is 6.56. The lowest BCUT2D eigenvalue weighted by Gasteiger charge is -2.18. The Morgan fingerprint density at radius 2 is 1.94 bits per heavy atom. The lowest BCUT2D eigenvalue weighted by Crippen LogP contribution is -2.11. The smallest absolute Gasteiger partial charge is 0.250 e. The highest BCUT2D eigenvalue weighted by atomic mass is 32.2. The molecule has 2 fully saturated rings. The van der Waals surface area contributed by atoms with E-state index in [1.165, 1.54) is 5.56 Å². The van der Waals surface area contributed by atoms with E-state index >= 15 is 0 Å². The summed E-state index contributed by atoms with van der Waals surface area (Å²) in [6, 6.07) is 8.29. The van der Waals surface area contributed by atoms with Crippen LogP contribution in [0, 0.1) is 30.6 Å². The third-order valence-electron chi connectivity index (χ3n) is 10.7. The van der Waals surface area contributed by atoms with E-state index in [1.54, 1.807) is 18.3 Å². The van der Waals surface area contributed by atoms with Gasteiger partial charge in [0.1, 0.15) is 5.82 Å². The first kappa shape index (κ1) is 29.4. The van der Waals surface area contributed by atoms with Crippen molar-refractivity contribution < 1.29 is 17.6 Å². The molecular weight excluding hydrogens is 633 g/mol. The molecule has 0 bridgehead atoms. The van der Waals surface area contributed by atoms with Crippen molar-refractivity contribution in [3.05, 3.63) is 65.2 Å². The van der Waals surface area contributed by atoms with Gasteiger partial charge in [0, 0.05) is 41.4 Å². The lowest BCUT2D eigenvalue weighted by atomic mass is 9.90. The molecule has 1 saturated carbocycles. The maximum absolute atomic E-state index is 14.2. The molecule has 2 aliphatic carbocycles. The maximum Gasteiger partial charge on any atom is 0.250 e. The molecule has 2 unspecified atom stereocenters. The first-order valence-corrected chi connectivity index (χ1v) is 19.0. The number of aryl methyl sites for hydroxylation is 3. The van der Waals surface area contributed by atoms with Gasteiger partial charge in [0.2, 0.25) is 11.8 Å². The molecule has 12 heteroatoms. The van der Waals surface area contributed by atoms with Crippen molar-refractivity contribution in [3.63, 3.8) is 0 Å². The Morgan fingerprint density at radius 3 is 2.72 bits per heavy atom. The highest BCUT2D eigenvalue weighted by molar-refractivity contribution is 7.92. The first-order chi connectivity index (χ1) is 22.8. The molecule has 4 atom stereocenters. The summed E-state index contributed by atoms with van der Waals surface area (Å²) in [5.41, 5.74) is 5.11. The van der Waals surface area contributed by atoms with E-state index in [2.05, 4.69) is 46.5 Å². The molecule has 1 N–H and O–H groups in total. The summed E-state index contributed by atoms with van der Waals surface area (Å²) in [6.07, 6.45) is 7.18. The van der Waals surface area contributed by atoms with Crippen LogP contribution in [0.25, 0.3) is 32.0 Å². The number of fused-ring (bicyclic) bond motifs is 4. The molecule has 4 aliphatic rings. The summed E-state index contributed by atoms with van der Waals surface area (Å²) in [5, 5.41) is 13.3. The molecule has 242 valence electrons. The molecule has 0 spiro atoms. The number of pyridine rings is 3. The summed E-state index contributed by atoms with van der Waals surface area (Å²) in [6.45, 7) is 7.58. The number of anilines is 1. The SMILES string of the molecule is Cc1nnc(-c2c(CCC3C4COCC34)nc3c(c2-c2cc4ccnc(N[C@H]5CCc6ncccc65)c4s2)S(=O)(=O)C[C@H]3C(C)C)o1. The van der Waals surface area contributed by atoms with Gasteiger partial charge in [0.15, 0.2) is 9.84 Å². The van der Waals surface area contributed by atoms with Crippen molar-refractivity contribution in [3.8, 4) is 21.9 Å². The summed E-state index contributed by atoms with van der Waals surface area (Å²) < 4.78 is 41.0. The molecule has 9 rings (SSSR count). The zero-order valence-corrected chi connectivity index (χ0v) is 28.2. The number of hydrogen-bond acceptors (Lipinski definition) is 11. The average Bonchev–Trinajstić information content (AvgIpc) is 3.71. The van der Waals surface area contributed by atoms with Crippen molar-refractivity contribution >= 4 is 37.1 Å². The predicted molar refractivity (Wildman–Crippen MR) is 179 cm³/mol. The summed E-state index contributed by atoms with van der Waals surface area (Å²) in [5.74, 6) is 3.32. The van der Waals surface area contributed by atoms with Crippen LogP contribution < -0.4 is 5.32 Å². The Balaban J connectivity index is 1.22. The molecule has 0 radical (unpaired) electrons. The van der Waals surface area contributed by atoms with Gasteiger partial charge >= 0.3 is 0 Å². The van der Waals surface area contributed by atoms with Crippen molar-refractivity contribution in [1.29, 1.82) is 0 Å². The van der Waals surface area contributed by atoms with Crippen LogP contribution in [-0.2, 0) is 27.4 Å². The van der Waals surface area contributed by atoms with Crippen LogP contribution in [0.5, 0.6) is 0 Å². The number of thiophene rings is 1. The normalized spacial score (nSPS) is 25.3. The number of ether oxygens (including phenoxy) is 1. The number of nitrogens with one attached hydrogen (secondary N) is 1. The van der Waals surface area contributed by atoms with Crippen LogP contribution in [0.15, 0.2) is 46.0 Å². The molecule has 10 nitrogen and oxygen atoms in total. The molecule has 5 aromatic heterocycles. The fourth-order valence-electron chi connectivity index (χ4n) is 8.16. The van der Waals surface area contributed by atoms with Gasteiger partial charge in [-0.25, -0.2) is 13.4 Å². The second-order valence-corrected chi connectivity index (χ2v) is 16.8. The summed E-state index contributed by atoms with van der Waals surface area (Å²) >= 11 is 1.55. The Labute approximate surface area is 277 Å². The number of hydrogen-bond donors (Lipinski definition) is 1. The quantitative estimate of drug-likeness (QED) is 0.194. The van der Waals surface area contributed by atoms with Gasteiger partial charge in [-0.1, -0.05) is 19.9 Å². The van der Waals surface area contributed by atoms with Crippen molar-refractivity contribution in [2.45, 2.75) is 63.3 Å². The van der Waals surface area contributed by atoms with Crippen molar-refractivity contribution in [2.75, 3.05) is 24.3 Å². The first-order valence-electron chi connectivity index (χ1n) is 16.5. The second kappa shape index (κ2) is 10.9. The van der Waals surface area contributed by atoms with E-state index in [0.29, 0.717) is 57.7 Å². The van der Waals surface area contributed by atoms with E-state index in [4.69, 9.17) is 19.1 Å². The van der Waals surface area contributed by atoms with Gasteiger partial charge < -0.3 is 14.5 Å². The van der Waals surface area contributed by atoms with Crippen LogP contribution in [0.4, 0.5) is 5.82 Å². The zero-order chi connectivity index (χ0) is 32.0. The van der Waals surface area contributed by atoms with Gasteiger partial charge in [-0.2, -0.15) is 0 Å². The highest BCUT2D eigenvalue weighted by Crippen LogP contribution is 2.55. The van der Waals surface area contributed by atoms with E-state index in [1.807, 2.05) is 24.5 Å². The van der Waals surface area contributed by atoms with Gasteiger partial charge in [-0.15, -0.1) is 21.5 Å². The summed E-state index contributed by atoms with van der Waals surface area (Å²) in [7, 11) is -3.65. The Hall–Kier alpha value is -3.74. The minimum absolute atomic E-state index is 0.0459. The Morgan fingerprint density at radius 1 is 1.09 bits per heavy atom. The van der Waals surface area contributed by atoms with Crippen LogP contribution in [-0.4, -0.2) is 52.5 Å². The molecular formula is C35H36N6O4S2. The van der Waals surface area contributed by atoms with Gasteiger partial charge in [-0.05, 0) is 78.5 Å². The lowest BCUT2D eigenvalue weighted by molar-refractivity contribution is 0.149. The molecule has 0 amide bonds. The Kier molecular flexibility index (Phi) is 6.82. The monoisotopic (exact) mass is 668 g/mol. The molecule has 0 aromatic carbocycles. The average molecular weight is 669 g/mol. The highest BCUT2D eigenvalue weighted by Gasteiger charge is 2.53. The summed E-state index contributed by atoms with van der Waals surface area (Å²) in [4.78, 5) is 15.7. The number of rotatable bonds is 8. The number of nitrogens with zero attached hydrogens (tertiary/aromatic N) is 5. The van der Waals surface area contributed by atoms with E-state index < -0.39 is 9.84 Å². The van der Waals surface area contributed by atoms with E-state index in [-0.39, 0.29) is 23.6 Å².